The van der Waals surface area contributed by atoms with E-state index in [-0.39, 0.29) is 22.1 Å². The average Bonchev–Trinajstić information content (AvgIpc) is 2.51. The van der Waals surface area contributed by atoms with E-state index in [0.29, 0.717) is 0 Å². The van der Waals surface area contributed by atoms with Gasteiger partial charge in [-0.15, -0.1) is 0 Å². The Bertz CT molecular complexity index is 1210. The van der Waals surface area contributed by atoms with Crippen molar-refractivity contribution < 1.29 is 29.8 Å². The second-order valence-electron chi connectivity index (χ2n) is 5.33. The fourth-order valence-electron chi connectivity index (χ4n) is 1.76. The van der Waals surface area contributed by atoms with Crippen LogP contribution in [0.1, 0.15) is 5.69 Å². The maximum Gasteiger partial charge on any atom is 0.265 e. The zero-order chi connectivity index (χ0) is 20.6. The topological polar surface area (TPSA) is 174 Å². The maximum absolute atomic E-state index is 12.3. The van der Waals surface area contributed by atoms with Gasteiger partial charge in [0.25, 0.3) is 10.1 Å². The lowest BCUT2D eigenvalue weighted by atomic mass is 10.2. The molecular formula is C12H12ClN4O7S3. The van der Waals surface area contributed by atoms with Gasteiger partial charge < -0.3 is 0 Å². The van der Waals surface area contributed by atoms with Crippen LogP contribution in [0.15, 0.2) is 16.4 Å². The molecule has 0 amide bonds. The minimum Gasteiger partial charge on any atom is -0.286 e. The van der Waals surface area contributed by atoms with E-state index < -0.39 is 51.6 Å². The monoisotopic (exact) mass is 455 g/mol. The highest BCUT2D eigenvalue weighted by Gasteiger charge is 2.24. The van der Waals surface area contributed by atoms with Gasteiger partial charge in [0.1, 0.15) is 11.9 Å². The van der Waals surface area contributed by atoms with Crippen LogP contribution in [0.25, 0.3) is 11.4 Å². The summed E-state index contributed by atoms with van der Waals surface area (Å²) in [7, 11) is -12.6. The summed E-state index contributed by atoms with van der Waals surface area (Å²) in [6.07, 6.45) is 3.11. The molecule has 2 heterocycles. The first kappa shape index (κ1) is 21.6. The molecule has 0 saturated carbocycles. The molecule has 0 bridgehead atoms. The smallest absolute Gasteiger partial charge is 0.265 e. The predicted octanol–water partition coefficient (Wildman–Crippen LogP) is -0.239. The van der Waals surface area contributed by atoms with E-state index in [1.807, 2.05) is 0 Å². The molecular weight excluding hydrogens is 444 g/mol. The number of hydrogen-bond acceptors (Lipinski definition) is 10. The van der Waals surface area contributed by atoms with Crippen molar-refractivity contribution in [3.05, 3.63) is 23.0 Å². The van der Waals surface area contributed by atoms with E-state index in [0.717, 1.165) is 6.26 Å². The van der Waals surface area contributed by atoms with Crippen molar-refractivity contribution >= 4 is 41.4 Å². The average molecular weight is 456 g/mol. The largest absolute Gasteiger partial charge is 0.286 e. The molecule has 15 heteroatoms. The Morgan fingerprint density at radius 3 is 2.22 bits per heavy atom. The highest BCUT2D eigenvalue weighted by molar-refractivity contribution is 7.93. The van der Waals surface area contributed by atoms with Gasteiger partial charge in [0.15, 0.2) is 0 Å². The third-order valence-electron chi connectivity index (χ3n) is 2.96. The summed E-state index contributed by atoms with van der Waals surface area (Å²) < 4.78 is 78.0. The Morgan fingerprint density at radius 1 is 1.04 bits per heavy atom. The Morgan fingerprint density at radius 2 is 1.67 bits per heavy atom. The van der Waals surface area contributed by atoms with Crippen molar-refractivity contribution in [3.8, 4) is 11.4 Å². The van der Waals surface area contributed by atoms with Crippen LogP contribution in [-0.4, -0.2) is 67.5 Å². The van der Waals surface area contributed by atoms with Gasteiger partial charge in [0.2, 0.25) is 30.0 Å². The lowest BCUT2D eigenvalue weighted by molar-refractivity contribution is 0.484. The van der Waals surface area contributed by atoms with E-state index in [1.165, 1.54) is 13.0 Å². The Kier molecular flexibility index (Phi) is 5.87. The van der Waals surface area contributed by atoms with E-state index in [9.17, 15) is 25.3 Å². The molecule has 0 aliphatic carbocycles. The Hall–Kier alpha value is -1.74. The zero-order valence-corrected chi connectivity index (χ0v) is 17.0. The van der Waals surface area contributed by atoms with Gasteiger partial charge in [-0.05, 0) is 13.0 Å². The molecule has 0 unspecified atom stereocenters. The Balaban J connectivity index is 2.59. The van der Waals surface area contributed by atoms with Gasteiger partial charge in [-0.25, -0.2) is 36.8 Å². The van der Waals surface area contributed by atoms with Crippen LogP contribution in [0.2, 0.25) is 5.02 Å². The molecule has 11 nitrogen and oxygen atoms in total. The molecule has 147 valence electrons. The number of aromatic nitrogens is 4. The van der Waals surface area contributed by atoms with Crippen LogP contribution in [-0.2, 0) is 29.8 Å². The molecule has 0 aliphatic heterocycles. The van der Waals surface area contributed by atoms with Crippen molar-refractivity contribution in [1.29, 1.82) is 0 Å². The molecule has 2 aromatic rings. The molecule has 1 N–H and O–H groups in total. The summed E-state index contributed by atoms with van der Waals surface area (Å²) >= 11 is 5.92. The summed E-state index contributed by atoms with van der Waals surface area (Å²) in [6.45, 7) is 1.43. The summed E-state index contributed by atoms with van der Waals surface area (Å²) in [6, 6.07) is 1.30. The number of nitrogens with zero attached hydrogens (tertiary/aromatic N) is 4. The molecule has 0 fully saturated rings. The SMILES string of the molecule is Cc1cc(-c2nc(S(C)(=O)=O)n[c]c2Cl)nc(S(=O)(=O)CCS(=O)(=O)O)n1. The minimum atomic E-state index is -4.51. The van der Waals surface area contributed by atoms with E-state index in [1.54, 1.807) is 0 Å². The van der Waals surface area contributed by atoms with Crippen LogP contribution in [0.4, 0.5) is 0 Å². The number of hydrogen-bond donors (Lipinski definition) is 1. The van der Waals surface area contributed by atoms with Gasteiger partial charge in [-0.3, -0.25) is 4.55 Å². The maximum atomic E-state index is 12.3. The van der Waals surface area contributed by atoms with Gasteiger partial charge >= 0.3 is 0 Å². The van der Waals surface area contributed by atoms with Gasteiger partial charge in [-0.2, -0.15) is 8.42 Å². The third kappa shape index (κ3) is 5.62. The van der Waals surface area contributed by atoms with E-state index in [4.69, 9.17) is 16.2 Å². The molecule has 2 aromatic heterocycles. The molecule has 0 spiro atoms. The molecule has 0 atom stereocenters. The summed E-state index contributed by atoms with van der Waals surface area (Å²) in [4.78, 5) is 14.8. The first-order valence-corrected chi connectivity index (χ1v) is 12.4. The van der Waals surface area contributed by atoms with Crippen LogP contribution < -0.4 is 0 Å². The fourth-order valence-corrected chi connectivity index (χ4v) is 4.84. The van der Waals surface area contributed by atoms with Crippen LogP contribution in [0.3, 0.4) is 0 Å². The highest BCUT2D eigenvalue weighted by atomic mass is 35.5. The molecule has 2 rings (SSSR count). The second-order valence-corrected chi connectivity index (χ2v) is 11.2. The summed E-state index contributed by atoms with van der Waals surface area (Å²) in [5, 5.41) is -1.52. The first-order valence-electron chi connectivity index (χ1n) is 6.88. The van der Waals surface area contributed by atoms with Crippen LogP contribution in [0, 0.1) is 13.1 Å². The fraction of sp³-hybridized carbons (Fsp3) is 0.333. The number of halogens is 1. The highest BCUT2D eigenvalue weighted by Crippen LogP contribution is 2.25. The molecule has 0 aromatic carbocycles. The second kappa shape index (κ2) is 7.35. The first-order chi connectivity index (χ1) is 12.2. The van der Waals surface area contributed by atoms with Crippen molar-refractivity contribution in [1.82, 2.24) is 19.9 Å². The minimum absolute atomic E-state index is 0.124. The van der Waals surface area contributed by atoms with Crippen molar-refractivity contribution in [2.75, 3.05) is 17.8 Å². The summed E-state index contributed by atoms with van der Waals surface area (Å²) in [5.74, 6) is -1.99. The molecule has 0 saturated heterocycles. The van der Waals surface area contributed by atoms with E-state index >= 15 is 0 Å². The normalized spacial score (nSPS) is 12.9. The molecule has 0 aliphatic rings. The van der Waals surface area contributed by atoms with Crippen molar-refractivity contribution in [3.63, 3.8) is 0 Å². The van der Waals surface area contributed by atoms with Crippen LogP contribution in [0.5, 0.6) is 0 Å². The standard InChI is InChI=1S/C12H12ClN4O7S3/c1-7-5-9(10-8(13)6-14-11(17-10)25(2,18)19)16-12(15-7)26(20,21)3-4-27(22,23)24/h5H,3-4H2,1-2H3,(H,22,23,24). The third-order valence-corrected chi connectivity index (χ3v) is 6.53. The molecule has 1 radical (unpaired) electrons. The van der Waals surface area contributed by atoms with Crippen molar-refractivity contribution in [2.24, 2.45) is 0 Å². The van der Waals surface area contributed by atoms with Gasteiger partial charge in [0, 0.05) is 11.9 Å². The van der Waals surface area contributed by atoms with Crippen molar-refractivity contribution in [2.45, 2.75) is 17.2 Å². The quantitative estimate of drug-likeness (QED) is 0.449. The summed E-state index contributed by atoms with van der Waals surface area (Å²) in [5.41, 5.74) is -0.147. The molecule has 27 heavy (non-hydrogen) atoms. The number of rotatable bonds is 6. The predicted molar refractivity (Wildman–Crippen MR) is 93.2 cm³/mol. The lowest BCUT2D eigenvalue weighted by Crippen LogP contribution is -2.19. The van der Waals surface area contributed by atoms with Gasteiger partial charge in [-0.1, -0.05) is 11.6 Å². The van der Waals surface area contributed by atoms with Crippen LogP contribution >= 0.6 is 11.6 Å². The zero-order valence-electron chi connectivity index (χ0n) is 13.8. The number of sulfone groups is 2. The number of aryl methyl sites for hydroxylation is 1. The Labute approximate surface area is 160 Å². The van der Waals surface area contributed by atoms with Gasteiger partial charge in [0.05, 0.1) is 22.2 Å². The lowest BCUT2D eigenvalue weighted by Gasteiger charge is -2.08. The van der Waals surface area contributed by atoms with E-state index in [2.05, 4.69) is 26.1 Å².